The Morgan fingerprint density at radius 2 is 1.53 bits per heavy atom. The number of rotatable bonds is 2. The molecule has 1 heteroatoms. The van der Waals surface area contributed by atoms with Gasteiger partial charge in [0.15, 0.2) is 0 Å². The first kappa shape index (κ1) is 11.9. The molecule has 0 saturated carbocycles. The molecular weight excluding hydrogens is 206 g/mol. The Balaban J connectivity index is 2.56. The summed E-state index contributed by atoms with van der Waals surface area (Å²) in [6.07, 6.45) is 0. The average molecular weight is 225 g/mol. The molecule has 88 valence electrons. The maximum absolute atomic E-state index is 6.53. The molecule has 1 unspecified atom stereocenters. The van der Waals surface area contributed by atoms with Crippen LogP contribution in [0.4, 0.5) is 0 Å². The second-order valence-corrected chi connectivity index (χ2v) is 4.82. The number of hydrogen-bond donors (Lipinski definition) is 1. The lowest BCUT2D eigenvalue weighted by atomic mass is 9.82. The van der Waals surface area contributed by atoms with E-state index in [1.807, 2.05) is 18.2 Å². The maximum Gasteiger partial charge on any atom is 0.0639 e. The fourth-order valence-corrected chi connectivity index (χ4v) is 2.25. The number of hydrogen-bond acceptors (Lipinski definition) is 1. The zero-order chi connectivity index (χ0) is 12.5. The molecule has 2 rings (SSSR count). The standard InChI is InChI=1S/C16H19N/c1-12-8-7-11-15(13(12)2)16(3,17)14-9-5-4-6-10-14/h4-11H,17H2,1-3H3. The Morgan fingerprint density at radius 3 is 2.18 bits per heavy atom. The van der Waals surface area contributed by atoms with Gasteiger partial charge in [0.05, 0.1) is 5.54 Å². The van der Waals surface area contributed by atoms with Crippen LogP contribution in [-0.4, -0.2) is 0 Å². The van der Waals surface area contributed by atoms with E-state index in [2.05, 4.69) is 51.1 Å². The largest absolute Gasteiger partial charge is 0.318 e. The predicted molar refractivity (Wildman–Crippen MR) is 73.0 cm³/mol. The van der Waals surface area contributed by atoms with Crippen molar-refractivity contribution in [3.8, 4) is 0 Å². The second-order valence-electron chi connectivity index (χ2n) is 4.82. The van der Waals surface area contributed by atoms with Crippen LogP contribution in [0.1, 0.15) is 29.2 Å². The first-order valence-corrected chi connectivity index (χ1v) is 5.94. The summed E-state index contributed by atoms with van der Waals surface area (Å²) in [6.45, 7) is 6.34. The van der Waals surface area contributed by atoms with E-state index in [0.29, 0.717) is 0 Å². The Morgan fingerprint density at radius 1 is 0.882 bits per heavy atom. The van der Waals surface area contributed by atoms with E-state index in [1.165, 1.54) is 16.7 Å². The number of benzene rings is 2. The van der Waals surface area contributed by atoms with Crippen LogP contribution in [0.2, 0.25) is 0 Å². The fourth-order valence-electron chi connectivity index (χ4n) is 2.25. The molecule has 0 fully saturated rings. The molecule has 17 heavy (non-hydrogen) atoms. The van der Waals surface area contributed by atoms with Crippen molar-refractivity contribution in [1.29, 1.82) is 0 Å². The summed E-state index contributed by atoms with van der Waals surface area (Å²) in [6, 6.07) is 16.6. The van der Waals surface area contributed by atoms with Crippen LogP contribution in [0, 0.1) is 13.8 Å². The zero-order valence-electron chi connectivity index (χ0n) is 10.7. The summed E-state index contributed by atoms with van der Waals surface area (Å²) in [5.74, 6) is 0. The summed E-state index contributed by atoms with van der Waals surface area (Å²) in [5.41, 5.74) is 11.0. The monoisotopic (exact) mass is 225 g/mol. The normalized spacial score (nSPS) is 14.4. The summed E-state index contributed by atoms with van der Waals surface area (Å²) >= 11 is 0. The molecule has 0 aromatic heterocycles. The van der Waals surface area contributed by atoms with Gasteiger partial charge in [-0.2, -0.15) is 0 Å². The van der Waals surface area contributed by atoms with Gasteiger partial charge >= 0.3 is 0 Å². The van der Waals surface area contributed by atoms with E-state index in [1.54, 1.807) is 0 Å². The molecule has 0 saturated heterocycles. The van der Waals surface area contributed by atoms with E-state index in [9.17, 15) is 0 Å². The first-order valence-electron chi connectivity index (χ1n) is 5.94. The van der Waals surface area contributed by atoms with Gasteiger partial charge in [-0.3, -0.25) is 0 Å². The summed E-state index contributed by atoms with van der Waals surface area (Å²) < 4.78 is 0. The van der Waals surface area contributed by atoms with E-state index in [4.69, 9.17) is 5.73 Å². The average Bonchev–Trinajstić information content (AvgIpc) is 2.33. The summed E-state index contributed by atoms with van der Waals surface area (Å²) in [5, 5.41) is 0. The van der Waals surface area contributed by atoms with Crippen molar-refractivity contribution in [2.45, 2.75) is 26.3 Å². The van der Waals surface area contributed by atoms with E-state index < -0.39 is 5.54 Å². The van der Waals surface area contributed by atoms with Crippen molar-refractivity contribution in [2.24, 2.45) is 5.73 Å². The summed E-state index contributed by atoms with van der Waals surface area (Å²) in [7, 11) is 0. The van der Waals surface area contributed by atoms with Crippen molar-refractivity contribution < 1.29 is 0 Å². The van der Waals surface area contributed by atoms with Crippen LogP contribution >= 0.6 is 0 Å². The molecule has 2 aromatic carbocycles. The lowest BCUT2D eigenvalue weighted by Gasteiger charge is -2.28. The van der Waals surface area contributed by atoms with Crippen molar-refractivity contribution in [2.75, 3.05) is 0 Å². The highest BCUT2D eigenvalue weighted by Crippen LogP contribution is 2.29. The molecule has 1 atom stereocenters. The molecule has 0 bridgehead atoms. The molecule has 0 spiro atoms. The topological polar surface area (TPSA) is 26.0 Å². The van der Waals surface area contributed by atoms with Gasteiger partial charge in [-0.05, 0) is 43.0 Å². The molecule has 0 heterocycles. The van der Waals surface area contributed by atoms with Crippen LogP contribution in [0.15, 0.2) is 48.5 Å². The molecule has 0 amide bonds. The SMILES string of the molecule is Cc1cccc(C(C)(N)c2ccccc2)c1C. The van der Waals surface area contributed by atoms with Crippen molar-refractivity contribution in [3.05, 3.63) is 70.8 Å². The molecule has 0 aliphatic carbocycles. The van der Waals surface area contributed by atoms with Gasteiger partial charge in [-0.1, -0.05) is 48.5 Å². The van der Waals surface area contributed by atoms with E-state index in [0.717, 1.165) is 5.56 Å². The minimum absolute atomic E-state index is 0.433. The molecular formula is C16H19N. The minimum atomic E-state index is -0.433. The molecule has 0 aliphatic rings. The quantitative estimate of drug-likeness (QED) is 0.831. The molecule has 0 radical (unpaired) electrons. The Labute approximate surface area is 103 Å². The lowest BCUT2D eigenvalue weighted by molar-refractivity contribution is 0.598. The van der Waals surface area contributed by atoms with Crippen LogP contribution in [0.25, 0.3) is 0 Å². The van der Waals surface area contributed by atoms with Gasteiger partial charge in [0.1, 0.15) is 0 Å². The van der Waals surface area contributed by atoms with Gasteiger partial charge in [0.25, 0.3) is 0 Å². The molecule has 2 aromatic rings. The first-order chi connectivity index (χ1) is 8.03. The van der Waals surface area contributed by atoms with Gasteiger partial charge < -0.3 is 5.73 Å². The third kappa shape index (κ3) is 2.11. The highest BCUT2D eigenvalue weighted by molar-refractivity contribution is 5.44. The Bertz CT molecular complexity index is 512. The second kappa shape index (κ2) is 4.34. The Kier molecular flexibility index (Phi) is 3.03. The van der Waals surface area contributed by atoms with Gasteiger partial charge in [0, 0.05) is 0 Å². The van der Waals surface area contributed by atoms with Gasteiger partial charge in [-0.25, -0.2) is 0 Å². The van der Waals surface area contributed by atoms with Crippen molar-refractivity contribution in [1.82, 2.24) is 0 Å². The third-order valence-corrected chi connectivity index (χ3v) is 3.54. The number of nitrogens with two attached hydrogens (primary N) is 1. The van der Waals surface area contributed by atoms with Crippen LogP contribution in [0.5, 0.6) is 0 Å². The zero-order valence-corrected chi connectivity index (χ0v) is 10.7. The highest BCUT2D eigenvalue weighted by atomic mass is 14.7. The van der Waals surface area contributed by atoms with E-state index >= 15 is 0 Å². The van der Waals surface area contributed by atoms with Crippen LogP contribution in [0.3, 0.4) is 0 Å². The molecule has 0 aliphatic heterocycles. The molecule has 2 N–H and O–H groups in total. The van der Waals surface area contributed by atoms with Gasteiger partial charge in [0.2, 0.25) is 0 Å². The van der Waals surface area contributed by atoms with E-state index in [-0.39, 0.29) is 0 Å². The fraction of sp³-hybridized carbons (Fsp3) is 0.250. The van der Waals surface area contributed by atoms with Crippen molar-refractivity contribution in [3.63, 3.8) is 0 Å². The molecule has 1 nitrogen and oxygen atoms in total. The Hall–Kier alpha value is -1.60. The summed E-state index contributed by atoms with van der Waals surface area (Å²) in [4.78, 5) is 0. The van der Waals surface area contributed by atoms with Crippen LogP contribution in [-0.2, 0) is 5.54 Å². The lowest BCUT2D eigenvalue weighted by Crippen LogP contribution is -2.35. The third-order valence-electron chi connectivity index (χ3n) is 3.54. The highest BCUT2D eigenvalue weighted by Gasteiger charge is 2.25. The van der Waals surface area contributed by atoms with Crippen molar-refractivity contribution >= 4 is 0 Å². The van der Waals surface area contributed by atoms with Gasteiger partial charge in [-0.15, -0.1) is 0 Å². The minimum Gasteiger partial charge on any atom is -0.318 e. The maximum atomic E-state index is 6.53. The smallest absolute Gasteiger partial charge is 0.0639 e. The number of aryl methyl sites for hydroxylation is 1. The van der Waals surface area contributed by atoms with Crippen LogP contribution < -0.4 is 5.73 Å². The predicted octanol–water partition coefficient (Wildman–Crippen LogP) is 3.53.